The molecule has 1 aromatic heterocycles. The average Bonchev–Trinajstić information content (AvgIpc) is 3.11. The van der Waals surface area contributed by atoms with Gasteiger partial charge in [0.05, 0.1) is 17.9 Å². The largest absolute Gasteiger partial charge is 0.478 e. The number of benzene rings is 1. The number of hydrogen-bond acceptors (Lipinski definition) is 6. The Kier molecular flexibility index (Phi) is 4.59. The fraction of sp³-hybridized carbons (Fsp3) is 0.200. The van der Waals surface area contributed by atoms with Crippen molar-refractivity contribution in [1.82, 2.24) is 15.5 Å². The first-order valence-corrected chi connectivity index (χ1v) is 7.56. The zero-order chi connectivity index (χ0) is 17.1. The summed E-state index contributed by atoms with van der Waals surface area (Å²) in [5.74, 6) is -1.05. The van der Waals surface area contributed by atoms with Gasteiger partial charge in [-0.1, -0.05) is 11.6 Å². The molecule has 3 N–H and O–H groups in total. The minimum absolute atomic E-state index is 0.0939. The number of carboxylic acid groups (broad SMARTS) is 1. The molecule has 3 rings (SSSR count). The smallest absolute Gasteiger partial charge is 0.337 e. The van der Waals surface area contributed by atoms with E-state index in [0.717, 1.165) is 13.1 Å². The molecule has 0 saturated carbocycles. The molecule has 1 amide bonds. The second-order valence-electron chi connectivity index (χ2n) is 5.15. The summed E-state index contributed by atoms with van der Waals surface area (Å²) in [7, 11) is 0. The molecule has 1 fully saturated rings. The van der Waals surface area contributed by atoms with Crippen molar-refractivity contribution in [3.05, 3.63) is 46.6 Å². The number of carbonyl (C=O) groups excluding carboxylic acids is 1. The molecule has 0 radical (unpaired) electrons. The van der Waals surface area contributed by atoms with E-state index in [0.29, 0.717) is 12.5 Å². The summed E-state index contributed by atoms with van der Waals surface area (Å²) in [6.07, 6.45) is 0. The van der Waals surface area contributed by atoms with Crippen molar-refractivity contribution in [2.75, 3.05) is 30.0 Å². The Morgan fingerprint density at radius 1 is 1.25 bits per heavy atom. The van der Waals surface area contributed by atoms with Crippen LogP contribution in [-0.4, -0.2) is 46.9 Å². The Bertz CT molecular complexity index is 775. The van der Waals surface area contributed by atoms with Gasteiger partial charge >= 0.3 is 5.97 Å². The van der Waals surface area contributed by atoms with E-state index in [4.69, 9.17) is 11.6 Å². The quantitative estimate of drug-likeness (QED) is 0.768. The van der Waals surface area contributed by atoms with Gasteiger partial charge in [0.15, 0.2) is 11.5 Å². The van der Waals surface area contributed by atoms with Crippen molar-refractivity contribution < 1.29 is 14.7 Å². The van der Waals surface area contributed by atoms with Gasteiger partial charge < -0.3 is 15.3 Å². The van der Waals surface area contributed by atoms with E-state index in [2.05, 4.69) is 20.8 Å². The second kappa shape index (κ2) is 6.81. The predicted octanol–water partition coefficient (Wildman–Crippen LogP) is 1.45. The molecule has 0 atom stereocenters. The molecule has 0 bridgehead atoms. The lowest BCUT2D eigenvalue weighted by atomic mass is 10.1. The number of aromatic carboxylic acids is 1. The van der Waals surface area contributed by atoms with Crippen molar-refractivity contribution in [3.8, 4) is 0 Å². The average molecular weight is 348 g/mol. The molecule has 0 spiro atoms. The molecule has 0 aliphatic carbocycles. The highest BCUT2D eigenvalue weighted by atomic mass is 35.5. The molecule has 1 saturated heterocycles. The number of rotatable bonds is 4. The molecule has 1 aliphatic heterocycles. The maximum absolute atomic E-state index is 12.2. The lowest BCUT2D eigenvalue weighted by Crippen LogP contribution is -2.23. The standard InChI is InChI=1S/C15H14ClN5O3/c16-9-1-2-11(10(7-9)15(23)24)18-14(22)12-3-4-13(20-19-12)21-6-5-17-8-21/h1-4,7,17H,5-6,8H2,(H,18,22)(H,23,24). The molecule has 124 valence electrons. The van der Waals surface area contributed by atoms with Gasteiger partial charge in [0.25, 0.3) is 5.91 Å². The fourth-order valence-corrected chi connectivity index (χ4v) is 2.48. The van der Waals surface area contributed by atoms with Crippen LogP contribution in [0.5, 0.6) is 0 Å². The number of hydrogen-bond donors (Lipinski definition) is 3. The Morgan fingerprint density at radius 2 is 2.08 bits per heavy atom. The number of aromatic nitrogens is 2. The third-order valence-corrected chi connectivity index (χ3v) is 3.76. The minimum Gasteiger partial charge on any atom is -0.478 e. The number of nitrogens with one attached hydrogen (secondary N) is 2. The van der Waals surface area contributed by atoms with E-state index < -0.39 is 11.9 Å². The number of halogens is 1. The van der Waals surface area contributed by atoms with E-state index >= 15 is 0 Å². The van der Waals surface area contributed by atoms with Gasteiger partial charge in [0.1, 0.15) is 0 Å². The predicted molar refractivity (Wildman–Crippen MR) is 88.6 cm³/mol. The summed E-state index contributed by atoms with van der Waals surface area (Å²) in [5, 5.41) is 23.1. The van der Waals surface area contributed by atoms with E-state index in [9.17, 15) is 14.7 Å². The maximum Gasteiger partial charge on any atom is 0.337 e. The third kappa shape index (κ3) is 3.44. The van der Waals surface area contributed by atoms with Crippen LogP contribution in [0.3, 0.4) is 0 Å². The molecule has 24 heavy (non-hydrogen) atoms. The van der Waals surface area contributed by atoms with Crippen LogP contribution in [0, 0.1) is 0 Å². The first-order valence-electron chi connectivity index (χ1n) is 7.18. The van der Waals surface area contributed by atoms with Crippen molar-refractivity contribution >= 4 is 35.0 Å². The van der Waals surface area contributed by atoms with Gasteiger partial charge in [-0.3, -0.25) is 10.1 Å². The Labute approximate surface area is 142 Å². The highest BCUT2D eigenvalue weighted by Gasteiger charge is 2.17. The van der Waals surface area contributed by atoms with Crippen LogP contribution in [0.25, 0.3) is 0 Å². The monoisotopic (exact) mass is 347 g/mol. The van der Waals surface area contributed by atoms with Gasteiger partial charge in [-0.05, 0) is 30.3 Å². The number of amides is 1. The van der Waals surface area contributed by atoms with Crippen molar-refractivity contribution in [2.45, 2.75) is 0 Å². The van der Waals surface area contributed by atoms with E-state index in [1.54, 1.807) is 12.1 Å². The topological polar surface area (TPSA) is 107 Å². The Hall–Kier alpha value is -2.71. The van der Waals surface area contributed by atoms with Crippen LogP contribution in [0.1, 0.15) is 20.8 Å². The zero-order valence-electron chi connectivity index (χ0n) is 12.5. The van der Waals surface area contributed by atoms with Gasteiger partial charge in [-0.25, -0.2) is 4.79 Å². The van der Waals surface area contributed by atoms with E-state index in [1.165, 1.54) is 18.2 Å². The van der Waals surface area contributed by atoms with E-state index in [-0.39, 0.29) is 22.0 Å². The third-order valence-electron chi connectivity index (χ3n) is 3.53. The minimum atomic E-state index is -1.18. The van der Waals surface area contributed by atoms with Crippen molar-refractivity contribution in [2.24, 2.45) is 0 Å². The SMILES string of the molecule is O=C(Nc1ccc(Cl)cc1C(=O)O)c1ccc(N2CCNC2)nn1. The summed E-state index contributed by atoms with van der Waals surface area (Å²) < 4.78 is 0. The molecule has 2 heterocycles. The summed E-state index contributed by atoms with van der Waals surface area (Å²) >= 11 is 5.79. The second-order valence-corrected chi connectivity index (χ2v) is 5.58. The van der Waals surface area contributed by atoms with Crippen molar-refractivity contribution in [3.63, 3.8) is 0 Å². The molecular formula is C15H14ClN5O3. The first kappa shape index (κ1) is 16.2. The summed E-state index contributed by atoms with van der Waals surface area (Å²) in [6, 6.07) is 7.45. The summed E-state index contributed by atoms with van der Waals surface area (Å²) in [4.78, 5) is 25.5. The van der Waals surface area contributed by atoms with Gasteiger partial charge in [0, 0.05) is 18.1 Å². The highest BCUT2D eigenvalue weighted by Crippen LogP contribution is 2.21. The maximum atomic E-state index is 12.2. The summed E-state index contributed by atoms with van der Waals surface area (Å²) in [5.41, 5.74) is 0.146. The lowest BCUT2D eigenvalue weighted by molar-refractivity contribution is 0.0698. The van der Waals surface area contributed by atoms with Crippen LogP contribution in [0.4, 0.5) is 11.5 Å². The first-order chi connectivity index (χ1) is 11.5. The van der Waals surface area contributed by atoms with Gasteiger partial charge in [-0.15, -0.1) is 10.2 Å². The number of nitrogens with zero attached hydrogens (tertiary/aromatic N) is 3. The van der Waals surface area contributed by atoms with Gasteiger partial charge in [0.2, 0.25) is 0 Å². The Morgan fingerprint density at radius 3 is 2.71 bits per heavy atom. The zero-order valence-corrected chi connectivity index (χ0v) is 13.2. The number of anilines is 2. The van der Waals surface area contributed by atoms with Crippen LogP contribution in [0.15, 0.2) is 30.3 Å². The normalized spacial score (nSPS) is 13.8. The van der Waals surface area contributed by atoms with Crippen LogP contribution in [0.2, 0.25) is 5.02 Å². The number of carboxylic acids is 1. The van der Waals surface area contributed by atoms with Crippen molar-refractivity contribution in [1.29, 1.82) is 0 Å². The molecule has 1 aromatic carbocycles. The summed E-state index contributed by atoms with van der Waals surface area (Å²) in [6.45, 7) is 2.39. The molecule has 8 nitrogen and oxygen atoms in total. The Balaban J connectivity index is 1.76. The highest BCUT2D eigenvalue weighted by molar-refractivity contribution is 6.31. The van der Waals surface area contributed by atoms with Crippen LogP contribution >= 0.6 is 11.6 Å². The van der Waals surface area contributed by atoms with Crippen LogP contribution in [-0.2, 0) is 0 Å². The van der Waals surface area contributed by atoms with E-state index in [1.807, 2.05) is 4.90 Å². The molecule has 2 aromatic rings. The van der Waals surface area contributed by atoms with Gasteiger partial charge in [-0.2, -0.15) is 0 Å². The molecular weight excluding hydrogens is 334 g/mol. The lowest BCUT2D eigenvalue weighted by Gasteiger charge is -2.14. The molecule has 0 unspecified atom stereocenters. The van der Waals surface area contributed by atoms with Crippen LogP contribution < -0.4 is 15.5 Å². The fourth-order valence-electron chi connectivity index (χ4n) is 2.31. The number of carbonyl (C=O) groups is 2. The molecule has 1 aliphatic rings. The molecule has 9 heteroatoms.